The van der Waals surface area contributed by atoms with Gasteiger partial charge in [-0.15, -0.1) is 0 Å². The predicted octanol–water partition coefficient (Wildman–Crippen LogP) is 4.64. The van der Waals surface area contributed by atoms with Gasteiger partial charge in [-0.3, -0.25) is 9.69 Å². The fourth-order valence-electron chi connectivity index (χ4n) is 3.14. The van der Waals surface area contributed by atoms with E-state index in [0.29, 0.717) is 37.2 Å². The first kappa shape index (κ1) is 20.0. The minimum Gasteiger partial charge on any atom is -0.457 e. The number of sulfone groups is 1. The van der Waals surface area contributed by atoms with E-state index >= 15 is 0 Å². The number of hydrogen-bond acceptors (Lipinski definition) is 6. The molecule has 2 aliphatic rings. The molecule has 10 heteroatoms. The highest BCUT2D eigenvalue weighted by Gasteiger charge is 2.42. The second-order valence-corrected chi connectivity index (χ2v) is 11.2. The maximum absolute atomic E-state index is 12.8. The zero-order valence-corrected chi connectivity index (χ0v) is 18.2. The fraction of sp³-hybridized carbons (Fsp3) is 0.222. The number of carbonyl (C=O) groups excluding carboxylic acids is 1. The number of halogens is 2. The Bertz CT molecular complexity index is 1120. The van der Waals surface area contributed by atoms with Crippen LogP contribution in [0.5, 0.6) is 0 Å². The largest absolute Gasteiger partial charge is 0.457 e. The van der Waals surface area contributed by atoms with Crippen LogP contribution in [0.1, 0.15) is 12.2 Å². The second kappa shape index (κ2) is 7.50. The maximum atomic E-state index is 12.8. The van der Waals surface area contributed by atoms with Crippen LogP contribution in [0.3, 0.4) is 0 Å². The van der Waals surface area contributed by atoms with Crippen molar-refractivity contribution < 1.29 is 17.6 Å². The van der Waals surface area contributed by atoms with Crippen molar-refractivity contribution in [1.29, 1.82) is 0 Å². The summed E-state index contributed by atoms with van der Waals surface area (Å²) in [5.41, 5.74) is 0.762. The number of furan rings is 1. The SMILES string of the molecule is O=C1/C(=C/c2ccc(-c3ccc(Cl)c(Cl)c3)o2)SC(=S)N1[C@H]1CCS(=O)(=O)C1. The van der Waals surface area contributed by atoms with Crippen LogP contribution in [0.2, 0.25) is 10.0 Å². The quantitative estimate of drug-likeness (QED) is 0.477. The van der Waals surface area contributed by atoms with Crippen LogP contribution in [-0.4, -0.2) is 41.1 Å². The number of carbonyl (C=O) groups is 1. The van der Waals surface area contributed by atoms with Gasteiger partial charge in [0.2, 0.25) is 0 Å². The van der Waals surface area contributed by atoms with Gasteiger partial charge in [0.05, 0.1) is 32.5 Å². The number of nitrogens with zero attached hydrogens (tertiary/aromatic N) is 1. The Morgan fingerprint density at radius 1 is 1.21 bits per heavy atom. The predicted molar refractivity (Wildman–Crippen MR) is 116 cm³/mol. The van der Waals surface area contributed by atoms with Crippen LogP contribution in [0, 0.1) is 0 Å². The van der Waals surface area contributed by atoms with E-state index in [-0.39, 0.29) is 17.4 Å². The lowest BCUT2D eigenvalue weighted by atomic mass is 10.2. The summed E-state index contributed by atoms with van der Waals surface area (Å²) in [7, 11) is -3.11. The third-order valence-corrected chi connectivity index (χ3v) is 8.32. The van der Waals surface area contributed by atoms with Crippen molar-refractivity contribution in [2.45, 2.75) is 12.5 Å². The lowest BCUT2D eigenvalue weighted by Crippen LogP contribution is -2.39. The van der Waals surface area contributed by atoms with Gasteiger partial charge < -0.3 is 4.42 Å². The maximum Gasteiger partial charge on any atom is 0.266 e. The van der Waals surface area contributed by atoms with E-state index in [9.17, 15) is 13.2 Å². The van der Waals surface area contributed by atoms with E-state index in [0.717, 1.165) is 17.3 Å². The van der Waals surface area contributed by atoms with Gasteiger partial charge in [-0.25, -0.2) is 8.42 Å². The standard InChI is InChI=1S/C18H13Cl2NO4S3/c19-13-3-1-10(7-14(13)20)15-4-2-12(25-15)8-16-17(22)21(18(26)27-16)11-5-6-28(23,24)9-11/h1-4,7-8,11H,5-6,9H2/b16-8-/t11-/m0/s1. The molecule has 3 heterocycles. The summed E-state index contributed by atoms with van der Waals surface area (Å²) >= 11 is 18.4. The van der Waals surface area contributed by atoms with Gasteiger partial charge in [-0.05, 0) is 36.8 Å². The minimum atomic E-state index is -3.11. The van der Waals surface area contributed by atoms with E-state index < -0.39 is 15.9 Å². The number of thioether (sulfide) groups is 1. The zero-order valence-electron chi connectivity index (χ0n) is 14.2. The van der Waals surface area contributed by atoms with Crippen molar-refractivity contribution in [2.75, 3.05) is 11.5 Å². The van der Waals surface area contributed by atoms with E-state index in [4.69, 9.17) is 39.8 Å². The van der Waals surface area contributed by atoms with Gasteiger partial charge in [-0.1, -0.05) is 47.2 Å². The van der Waals surface area contributed by atoms with Gasteiger partial charge in [0.25, 0.3) is 5.91 Å². The molecule has 2 aromatic rings. The van der Waals surface area contributed by atoms with Gasteiger partial charge in [0.15, 0.2) is 9.84 Å². The molecule has 0 bridgehead atoms. The Kier molecular flexibility index (Phi) is 5.35. The monoisotopic (exact) mass is 473 g/mol. The normalized spacial score (nSPS) is 23.1. The van der Waals surface area contributed by atoms with E-state index in [2.05, 4.69) is 0 Å². The first-order valence-corrected chi connectivity index (χ1v) is 12.1. The Hall–Kier alpha value is -1.32. The highest BCUT2D eigenvalue weighted by molar-refractivity contribution is 8.26. The Labute approximate surface area is 181 Å². The number of thiocarbonyl (C=S) groups is 1. The Morgan fingerprint density at radius 3 is 2.68 bits per heavy atom. The summed E-state index contributed by atoms with van der Waals surface area (Å²) in [6.07, 6.45) is 2.02. The third kappa shape index (κ3) is 3.89. The van der Waals surface area contributed by atoms with Crippen molar-refractivity contribution in [3.63, 3.8) is 0 Å². The molecule has 0 spiro atoms. The average Bonchev–Trinajstić information content (AvgIpc) is 3.29. The first-order valence-electron chi connectivity index (χ1n) is 8.26. The van der Waals surface area contributed by atoms with E-state index in [1.165, 1.54) is 4.90 Å². The van der Waals surface area contributed by atoms with Gasteiger partial charge >= 0.3 is 0 Å². The van der Waals surface area contributed by atoms with Gasteiger partial charge in [0, 0.05) is 11.6 Å². The number of rotatable bonds is 3. The molecule has 28 heavy (non-hydrogen) atoms. The molecule has 1 aromatic carbocycles. The molecule has 0 N–H and O–H groups in total. The van der Waals surface area contributed by atoms with Crippen LogP contribution in [-0.2, 0) is 14.6 Å². The molecule has 1 atom stereocenters. The molecule has 0 unspecified atom stereocenters. The average molecular weight is 474 g/mol. The van der Waals surface area contributed by atoms with Crippen molar-refractivity contribution in [2.24, 2.45) is 0 Å². The summed E-state index contributed by atoms with van der Waals surface area (Å²) in [6, 6.07) is 8.29. The van der Waals surface area contributed by atoms with Crippen molar-refractivity contribution in [3.8, 4) is 11.3 Å². The molecule has 146 valence electrons. The number of hydrogen-bond donors (Lipinski definition) is 0. The number of amides is 1. The summed E-state index contributed by atoms with van der Waals surface area (Å²) in [4.78, 5) is 14.6. The van der Waals surface area contributed by atoms with E-state index in [1.807, 2.05) is 0 Å². The molecule has 0 aliphatic carbocycles. The van der Waals surface area contributed by atoms with Crippen LogP contribution in [0.15, 0.2) is 39.7 Å². The number of benzene rings is 1. The molecular formula is C18H13Cl2NO4S3. The second-order valence-electron chi connectivity index (χ2n) is 6.44. The van der Waals surface area contributed by atoms with Crippen molar-refractivity contribution >= 4 is 73.3 Å². The molecule has 0 saturated carbocycles. The lowest BCUT2D eigenvalue weighted by molar-refractivity contribution is -0.123. The summed E-state index contributed by atoms with van der Waals surface area (Å²) < 4.78 is 29.6. The van der Waals surface area contributed by atoms with Gasteiger partial charge in [-0.2, -0.15) is 0 Å². The molecule has 5 nitrogen and oxygen atoms in total. The third-order valence-electron chi connectivity index (χ3n) is 4.50. The van der Waals surface area contributed by atoms with Crippen LogP contribution >= 0.6 is 47.2 Å². The summed E-state index contributed by atoms with van der Waals surface area (Å²) in [5, 5.41) is 0.874. The minimum absolute atomic E-state index is 0.0467. The lowest BCUT2D eigenvalue weighted by Gasteiger charge is -2.20. The van der Waals surface area contributed by atoms with Crippen LogP contribution < -0.4 is 0 Å². The molecule has 2 aliphatic heterocycles. The Morgan fingerprint density at radius 2 is 2.00 bits per heavy atom. The smallest absolute Gasteiger partial charge is 0.266 e. The summed E-state index contributed by atoms with van der Waals surface area (Å²) in [5.74, 6) is 0.820. The molecule has 1 amide bonds. The molecule has 0 radical (unpaired) electrons. The molecule has 2 saturated heterocycles. The molecule has 4 rings (SSSR count). The van der Waals surface area contributed by atoms with Crippen molar-refractivity contribution in [1.82, 2.24) is 4.90 Å². The topological polar surface area (TPSA) is 67.6 Å². The van der Waals surface area contributed by atoms with Crippen LogP contribution in [0.4, 0.5) is 0 Å². The summed E-state index contributed by atoms with van der Waals surface area (Å²) in [6.45, 7) is 0. The van der Waals surface area contributed by atoms with Gasteiger partial charge in [0.1, 0.15) is 15.8 Å². The molecular weight excluding hydrogens is 461 g/mol. The first-order chi connectivity index (χ1) is 13.2. The Balaban J connectivity index is 1.57. The highest BCUT2D eigenvalue weighted by atomic mass is 35.5. The molecule has 2 fully saturated rings. The fourth-order valence-corrected chi connectivity index (χ4v) is 6.52. The van der Waals surface area contributed by atoms with Crippen molar-refractivity contribution in [3.05, 3.63) is 51.0 Å². The van der Waals surface area contributed by atoms with Crippen LogP contribution in [0.25, 0.3) is 17.4 Å². The zero-order chi connectivity index (χ0) is 20.1. The molecule has 1 aromatic heterocycles. The highest BCUT2D eigenvalue weighted by Crippen LogP contribution is 2.37. The van der Waals surface area contributed by atoms with E-state index in [1.54, 1.807) is 36.4 Å².